The summed E-state index contributed by atoms with van der Waals surface area (Å²) in [5.74, 6) is 0. The lowest BCUT2D eigenvalue weighted by Gasteiger charge is -2.04. The molecule has 66 valence electrons. The van der Waals surface area contributed by atoms with Crippen molar-refractivity contribution in [3.63, 3.8) is 0 Å². The normalized spacial score (nSPS) is 10.6. The average Bonchev–Trinajstić information content (AvgIpc) is 2.12. The van der Waals surface area contributed by atoms with E-state index >= 15 is 0 Å². The molecule has 0 spiro atoms. The third-order valence-electron chi connectivity index (χ3n) is 2.14. The van der Waals surface area contributed by atoms with E-state index in [4.69, 9.17) is 5.73 Å². The predicted molar refractivity (Wildman–Crippen MR) is 58.6 cm³/mol. The van der Waals surface area contributed by atoms with Gasteiger partial charge in [-0.15, -0.1) is 0 Å². The van der Waals surface area contributed by atoms with Crippen molar-refractivity contribution >= 4 is 32.5 Å². The number of benzene rings is 1. The van der Waals surface area contributed by atoms with Crippen molar-refractivity contribution in [1.29, 1.82) is 0 Å². The molecule has 0 saturated heterocycles. The molecule has 2 aromatic rings. The molecule has 2 N–H and O–H groups in total. The number of pyridine rings is 1. The molecule has 0 bridgehead atoms. The third kappa shape index (κ3) is 1.40. The SMILES string of the molecule is Cc1c(N)cnc2cc(Br)ccc12. The molecule has 0 fully saturated rings. The van der Waals surface area contributed by atoms with Gasteiger partial charge in [-0.2, -0.15) is 0 Å². The lowest BCUT2D eigenvalue weighted by atomic mass is 10.1. The highest BCUT2D eigenvalue weighted by molar-refractivity contribution is 9.10. The average molecular weight is 237 g/mol. The summed E-state index contributed by atoms with van der Waals surface area (Å²) < 4.78 is 1.04. The molecule has 13 heavy (non-hydrogen) atoms. The summed E-state index contributed by atoms with van der Waals surface area (Å²) in [6.45, 7) is 2.01. The van der Waals surface area contributed by atoms with E-state index in [9.17, 15) is 0 Å². The Hall–Kier alpha value is -1.09. The molecule has 2 rings (SSSR count). The fraction of sp³-hybridized carbons (Fsp3) is 0.100. The van der Waals surface area contributed by atoms with E-state index in [1.54, 1.807) is 6.20 Å². The molecule has 1 heterocycles. The van der Waals surface area contributed by atoms with Gasteiger partial charge in [-0.25, -0.2) is 0 Å². The first-order valence-electron chi connectivity index (χ1n) is 3.99. The van der Waals surface area contributed by atoms with Gasteiger partial charge in [0.05, 0.1) is 17.4 Å². The summed E-state index contributed by atoms with van der Waals surface area (Å²) in [5, 5.41) is 1.11. The highest BCUT2D eigenvalue weighted by atomic mass is 79.9. The molecule has 0 radical (unpaired) electrons. The Kier molecular flexibility index (Phi) is 1.96. The van der Waals surface area contributed by atoms with Crippen LogP contribution >= 0.6 is 15.9 Å². The van der Waals surface area contributed by atoms with Crippen LogP contribution < -0.4 is 5.73 Å². The summed E-state index contributed by atoms with van der Waals surface area (Å²) in [6, 6.07) is 6.01. The smallest absolute Gasteiger partial charge is 0.0717 e. The Bertz CT molecular complexity index is 466. The van der Waals surface area contributed by atoms with Crippen LogP contribution in [0.25, 0.3) is 10.9 Å². The first-order valence-corrected chi connectivity index (χ1v) is 4.78. The molecule has 0 aliphatic heterocycles. The van der Waals surface area contributed by atoms with E-state index in [-0.39, 0.29) is 0 Å². The zero-order valence-electron chi connectivity index (χ0n) is 7.21. The predicted octanol–water partition coefficient (Wildman–Crippen LogP) is 2.89. The number of nitrogen functional groups attached to an aromatic ring is 1. The van der Waals surface area contributed by atoms with Gasteiger partial charge < -0.3 is 5.73 Å². The summed E-state index contributed by atoms with van der Waals surface area (Å²) in [6.07, 6.45) is 1.70. The van der Waals surface area contributed by atoms with Gasteiger partial charge in [0.2, 0.25) is 0 Å². The van der Waals surface area contributed by atoms with E-state index in [1.807, 2.05) is 25.1 Å². The van der Waals surface area contributed by atoms with Crippen LogP contribution in [0.4, 0.5) is 5.69 Å². The number of fused-ring (bicyclic) bond motifs is 1. The standard InChI is InChI=1S/C10H9BrN2/c1-6-8-3-2-7(11)4-10(8)13-5-9(6)12/h2-5H,12H2,1H3. The molecule has 0 amide bonds. The lowest BCUT2D eigenvalue weighted by Crippen LogP contribution is -1.92. The highest BCUT2D eigenvalue weighted by Crippen LogP contribution is 2.23. The van der Waals surface area contributed by atoms with Crippen LogP contribution in [-0.2, 0) is 0 Å². The number of nitrogens with zero attached hydrogens (tertiary/aromatic N) is 1. The number of hydrogen-bond donors (Lipinski definition) is 1. The molecular weight excluding hydrogens is 228 g/mol. The number of nitrogens with two attached hydrogens (primary N) is 1. The van der Waals surface area contributed by atoms with E-state index in [1.165, 1.54) is 0 Å². The molecular formula is C10H9BrN2. The van der Waals surface area contributed by atoms with Crippen LogP contribution in [0.5, 0.6) is 0 Å². The molecule has 3 heteroatoms. The topological polar surface area (TPSA) is 38.9 Å². The van der Waals surface area contributed by atoms with Gasteiger partial charge in [0.25, 0.3) is 0 Å². The van der Waals surface area contributed by atoms with Gasteiger partial charge in [0, 0.05) is 9.86 Å². The number of aryl methyl sites for hydroxylation is 1. The second-order valence-corrected chi connectivity index (χ2v) is 3.92. The molecule has 0 atom stereocenters. The molecule has 1 aromatic carbocycles. The van der Waals surface area contributed by atoms with E-state index in [2.05, 4.69) is 20.9 Å². The van der Waals surface area contributed by atoms with Crippen molar-refractivity contribution < 1.29 is 0 Å². The monoisotopic (exact) mass is 236 g/mol. The zero-order valence-corrected chi connectivity index (χ0v) is 8.80. The van der Waals surface area contributed by atoms with Crippen molar-refractivity contribution in [2.45, 2.75) is 6.92 Å². The molecule has 0 unspecified atom stereocenters. The van der Waals surface area contributed by atoms with Gasteiger partial charge in [-0.05, 0) is 24.6 Å². The Morgan fingerprint density at radius 1 is 1.38 bits per heavy atom. The van der Waals surface area contributed by atoms with Gasteiger partial charge in [0.1, 0.15) is 0 Å². The molecule has 1 aromatic heterocycles. The maximum Gasteiger partial charge on any atom is 0.0717 e. The van der Waals surface area contributed by atoms with Crippen molar-refractivity contribution in [2.75, 3.05) is 5.73 Å². The van der Waals surface area contributed by atoms with Crippen LogP contribution in [0, 0.1) is 6.92 Å². The van der Waals surface area contributed by atoms with Gasteiger partial charge in [-0.3, -0.25) is 4.98 Å². The first-order chi connectivity index (χ1) is 6.18. The van der Waals surface area contributed by atoms with Gasteiger partial charge in [0.15, 0.2) is 0 Å². The van der Waals surface area contributed by atoms with E-state index < -0.39 is 0 Å². The lowest BCUT2D eigenvalue weighted by molar-refractivity contribution is 1.37. The minimum absolute atomic E-state index is 0.745. The van der Waals surface area contributed by atoms with Crippen LogP contribution in [0.1, 0.15) is 5.56 Å². The largest absolute Gasteiger partial charge is 0.397 e. The second kappa shape index (κ2) is 3.00. The molecule has 0 aliphatic rings. The third-order valence-corrected chi connectivity index (χ3v) is 2.63. The van der Waals surface area contributed by atoms with E-state index in [0.29, 0.717) is 0 Å². The first kappa shape index (κ1) is 8.51. The minimum atomic E-state index is 0.745. The Balaban J connectivity index is 2.87. The van der Waals surface area contributed by atoms with E-state index in [0.717, 1.165) is 26.6 Å². The minimum Gasteiger partial charge on any atom is -0.397 e. The maximum atomic E-state index is 5.75. The van der Waals surface area contributed by atoms with Crippen molar-refractivity contribution in [2.24, 2.45) is 0 Å². The number of halogens is 1. The Morgan fingerprint density at radius 3 is 2.92 bits per heavy atom. The number of hydrogen-bond acceptors (Lipinski definition) is 2. The molecule has 0 saturated carbocycles. The fourth-order valence-electron chi connectivity index (χ4n) is 1.32. The van der Waals surface area contributed by atoms with Crippen LogP contribution in [0.15, 0.2) is 28.9 Å². The molecule has 0 aliphatic carbocycles. The van der Waals surface area contributed by atoms with Crippen molar-refractivity contribution in [3.8, 4) is 0 Å². The highest BCUT2D eigenvalue weighted by Gasteiger charge is 2.01. The number of rotatable bonds is 0. The maximum absolute atomic E-state index is 5.75. The summed E-state index contributed by atoms with van der Waals surface area (Å²) in [4.78, 5) is 4.25. The number of aromatic nitrogens is 1. The summed E-state index contributed by atoms with van der Waals surface area (Å²) >= 11 is 3.40. The zero-order chi connectivity index (χ0) is 9.42. The quantitative estimate of drug-likeness (QED) is 0.765. The summed E-state index contributed by atoms with van der Waals surface area (Å²) in [5.41, 5.74) is 8.56. The van der Waals surface area contributed by atoms with Crippen LogP contribution in [0.2, 0.25) is 0 Å². The van der Waals surface area contributed by atoms with Gasteiger partial charge >= 0.3 is 0 Å². The van der Waals surface area contributed by atoms with Gasteiger partial charge in [-0.1, -0.05) is 22.0 Å². The van der Waals surface area contributed by atoms with Crippen LogP contribution in [-0.4, -0.2) is 4.98 Å². The molecule has 2 nitrogen and oxygen atoms in total. The fourth-order valence-corrected chi connectivity index (χ4v) is 1.67. The van der Waals surface area contributed by atoms with Crippen molar-refractivity contribution in [3.05, 3.63) is 34.4 Å². The second-order valence-electron chi connectivity index (χ2n) is 3.00. The van der Waals surface area contributed by atoms with Crippen LogP contribution in [0.3, 0.4) is 0 Å². The summed E-state index contributed by atoms with van der Waals surface area (Å²) in [7, 11) is 0. The number of anilines is 1. The Labute approximate surface area is 84.9 Å². The van der Waals surface area contributed by atoms with Crippen molar-refractivity contribution in [1.82, 2.24) is 4.98 Å². The Morgan fingerprint density at radius 2 is 2.15 bits per heavy atom.